The summed E-state index contributed by atoms with van der Waals surface area (Å²) < 4.78 is 4.82. The molecular weight excluding hydrogens is 536 g/mol. The van der Waals surface area contributed by atoms with Crippen LogP contribution >= 0.6 is 0 Å². The molecule has 0 spiro atoms. The maximum absolute atomic E-state index is 12.6. The number of hydrogen-bond donors (Lipinski definition) is 4. The van der Waals surface area contributed by atoms with Crippen LogP contribution in [0.3, 0.4) is 0 Å². The molecule has 1 aromatic carbocycles. The van der Waals surface area contributed by atoms with Crippen molar-refractivity contribution in [3.05, 3.63) is 35.4 Å². The van der Waals surface area contributed by atoms with Crippen LogP contribution in [-0.4, -0.2) is 58.3 Å². The number of aliphatic hydroxyl groups is 1. The highest BCUT2D eigenvalue weighted by molar-refractivity contribution is 5.96. The minimum atomic E-state index is -0.999. The van der Waals surface area contributed by atoms with E-state index in [1.807, 2.05) is 0 Å². The normalized spacial score (nSPS) is 35.1. The van der Waals surface area contributed by atoms with Crippen LogP contribution in [0.15, 0.2) is 35.0 Å². The van der Waals surface area contributed by atoms with E-state index in [-0.39, 0.29) is 35.4 Å². The molecular formula is C33H42N2O7. The smallest absolute Gasteiger partial charge is 0.328 e. The summed E-state index contributed by atoms with van der Waals surface area (Å²) in [4.78, 5) is 30.3. The fourth-order valence-corrected chi connectivity index (χ4v) is 8.57. The zero-order valence-corrected chi connectivity index (χ0v) is 24.7. The Morgan fingerprint density at radius 1 is 1.12 bits per heavy atom. The first-order valence-electron chi connectivity index (χ1n) is 14.9. The van der Waals surface area contributed by atoms with Crippen molar-refractivity contribution in [2.24, 2.45) is 33.7 Å². The molecule has 1 aromatic rings. The summed E-state index contributed by atoms with van der Waals surface area (Å²) in [5.41, 5.74) is 1.60. The third-order valence-electron chi connectivity index (χ3n) is 11.0. The summed E-state index contributed by atoms with van der Waals surface area (Å²) in [6.45, 7) is 4.23. The van der Waals surface area contributed by atoms with Crippen molar-refractivity contribution in [1.82, 2.24) is 5.32 Å². The summed E-state index contributed by atoms with van der Waals surface area (Å²) in [7, 11) is 1.23. The molecule has 9 heteroatoms. The lowest BCUT2D eigenvalue weighted by Crippen LogP contribution is -2.54. The molecule has 4 unspecified atom stereocenters. The second-order valence-corrected chi connectivity index (χ2v) is 13.0. The number of nitrogens with one attached hydrogen (secondary N) is 1. The monoisotopic (exact) mass is 578 g/mol. The van der Waals surface area contributed by atoms with E-state index in [1.165, 1.54) is 24.8 Å². The van der Waals surface area contributed by atoms with E-state index in [0.29, 0.717) is 29.7 Å². The third kappa shape index (κ3) is 5.15. The van der Waals surface area contributed by atoms with Crippen LogP contribution in [0, 0.1) is 40.9 Å². The summed E-state index contributed by atoms with van der Waals surface area (Å²) in [6.07, 6.45) is 15.5. The highest BCUT2D eigenvalue weighted by Crippen LogP contribution is 2.67. The number of rotatable bonds is 7. The van der Waals surface area contributed by atoms with E-state index in [9.17, 15) is 24.9 Å². The van der Waals surface area contributed by atoms with Crippen molar-refractivity contribution in [3.63, 3.8) is 0 Å². The first-order chi connectivity index (χ1) is 19.9. The minimum Gasteiger partial charge on any atom is -0.504 e. The standard InChI is InChI=1S/C33H42N2O7/c1-5-33(40)15-12-25-23-8-7-21-18-22(10-13-31(21,2)24(23)11-14-32(25,33)3)35-42-19-29(38)34-26(30(39)41-4)16-20-6-9-27(36)28(37)17-20/h1,6,9,17-18,23-26,36-37,40H,7-8,10-16,19H2,2-4H3,(H,34,38)/b35-22-/t23?,24?,25?,26?,31-,32-,33+/m0/s1. The Balaban J connectivity index is 1.20. The number of fused-ring (bicyclic) bond motifs is 5. The van der Waals surface area contributed by atoms with Gasteiger partial charge in [-0.2, -0.15) is 0 Å². The molecule has 4 aliphatic carbocycles. The molecule has 0 aliphatic heterocycles. The molecule has 0 bridgehead atoms. The molecule has 4 N–H and O–H groups in total. The number of methoxy groups -OCH3 is 1. The van der Waals surface area contributed by atoms with Crippen LogP contribution in [0.1, 0.15) is 70.8 Å². The van der Waals surface area contributed by atoms with Gasteiger partial charge in [0.2, 0.25) is 0 Å². The highest BCUT2D eigenvalue weighted by atomic mass is 16.6. The molecule has 4 aliphatic rings. The Kier molecular flexibility index (Phi) is 8.06. The third-order valence-corrected chi connectivity index (χ3v) is 11.0. The number of ether oxygens (including phenoxy) is 1. The van der Waals surface area contributed by atoms with Crippen LogP contribution in [0.4, 0.5) is 0 Å². The number of amides is 1. The molecule has 42 heavy (non-hydrogen) atoms. The quantitative estimate of drug-likeness (QED) is 0.166. The molecule has 7 atom stereocenters. The van der Waals surface area contributed by atoms with E-state index in [4.69, 9.17) is 16.0 Å². The predicted octanol–water partition coefficient (Wildman–Crippen LogP) is 4.00. The van der Waals surface area contributed by atoms with Gasteiger partial charge in [-0.15, -0.1) is 6.42 Å². The average Bonchev–Trinajstić information content (AvgIpc) is 3.25. The fourth-order valence-electron chi connectivity index (χ4n) is 8.57. The minimum absolute atomic E-state index is 0.0651. The Hall–Kier alpha value is -3.51. The van der Waals surface area contributed by atoms with Crippen LogP contribution in [0.25, 0.3) is 0 Å². The second-order valence-electron chi connectivity index (χ2n) is 13.0. The SMILES string of the molecule is C#C[C@@]1(O)CCC2C3CCC4=C/C(=N\OCC(=O)NC(Cc5ccc(O)c(O)c5)C(=O)OC)CC[C@]4(C)C3CC[C@@]21C. The number of phenolic OH excluding ortho intramolecular Hbond substituents is 2. The zero-order chi connectivity index (χ0) is 30.3. The van der Waals surface area contributed by atoms with E-state index in [0.717, 1.165) is 50.7 Å². The van der Waals surface area contributed by atoms with E-state index in [2.05, 4.69) is 36.3 Å². The van der Waals surface area contributed by atoms with Crippen molar-refractivity contribution >= 4 is 17.6 Å². The number of oxime groups is 1. The molecule has 3 saturated carbocycles. The molecule has 0 aromatic heterocycles. The number of hydrogen-bond acceptors (Lipinski definition) is 8. The lowest BCUT2D eigenvalue weighted by atomic mass is 9.46. The number of benzene rings is 1. The first kappa shape index (κ1) is 30.0. The van der Waals surface area contributed by atoms with Gasteiger partial charge >= 0.3 is 5.97 Å². The molecule has 0 radical (unpaired) electrons. The van der Waals surface area contributed by atoms with Crippen molar-refractivity contribution < 1.29 is 34.5 Å². The number of terminal acetylenes is 1. The number of aromatic hydroxyl groups is 2. The van der Waals surface area contributed by atoms with Crippen LogP contribution in [0.2, 0.25) is 0 Å². The summed E-state index contributed by atoms with van der Waals surface area (Å²) in [6, 6.07) is 3.20. The zero-order valence-electron chi connectivity index (χ0n) is 24.7. The maximum Gasteiger partial charge on any atom is 0.328 e. The predicted molar refractivity (Wildman–Crippen MR) is 156 cm³/mol. The summed E-state index contributed by atoms with van der Waals surface area (Å²) in [5.74, 6) is 2.55. The van der Waals surface area contributed by atoms with Crippen molar-refractivity contribution in [3.8, 4) is 23.8 Å². The van der Waals surface area contributed by atoms with Crippen molar-refractivity contribution in [1.29, 1.82) is 0 Å². The topological polar surface area (TPSA) is 138 Å². The van der Waals surface area contributed by atoms with Crippen LogP contribution in [0.5, 0.6) is 11.5 Å². The summed E-state index contributed by atoms with van der Waals surface area (Å²) >= 11 is 0. The largest absolute Gasteiger partial charge is 0.504 e. The van der Waals surface area contributed by atoms with E-state index in [1.54, 1.807) is 6.07 Å². The molecule has 0 heterocycles. The van der Waals surface area contributed by atoms with Gasteiger partial charge in [-0.05, 0) is 98.3 Å². The van der Waals surface area contributed by atoms with E-state index >= 15 is 0 Å². The number of carbonyl (C=O) groups is 2. The van der Waals surface area contributed by atoms with Gasteiger partial charge in [0.25, 0.3) is 5.91 Å². The van der Waals surface area contributed by atoms with Crippen LogP contribution < -0.4 is 5.32 Å². The maximum atomic E-state index is 12.6. The second kappa shape index (κ2) is 11.3. The van der Waals surface area contributed by atoms with Crippen molar-refractivity contribution in [2.75, 3.05) is 13.7 Å². The lowest BCUT2D eigenvalue weighted by Gasteiger charge is -2.58. The Bertz CT molecular complexity index is 1350. The van der Waals surface area contributed by atoms with Gasteiger partial charge in [-0.3, -0.25) is 4.79 Å². The Labute approximate surface area is 247 Å². The van der Waals surface area contributed by atoms with Gasteiger partial charge in [0.05, 0.1) is 12.8 Å². The molecule has 1 amide bonds. The number of esters is 1. The molecule has 0 saturated heterocycles. The van der Waals surface area contributed by atoms with Gasteiger partial charge in [0, 0.05) is 11.8 Å². The molecule has 3 fully saturated rings. The van der Waals surface area contributed by atoms with Gasteiger partial charge in [-0.1, -0.05) is 36.6 Å². The van der Waals surface area contributed by atoms with Gasteiger partial charge in [0.1, 0.15) is 11.6 Å². The van der Waals surface area contributed by atoms with Crippen molar-refractivity contribution in [2.45, 2.75) is 83.3 Å². The molecule has 9 nitrogen and oxygen atoms in total. The number of carbonyl (C=O) groups excluding carboxylic acids is 2. The molecule has 5 rings (SSSR count). The first-order valence-corrected chi connectivity index (χ1v) is 14.9. The van der Waals surface area contributed by atoms with Gasteiger partial charge in [-0.25, -0.2) is 4.79 Å². The highest BCUT2D eigenvalue weighted by Gasteiger charge is 2.63. The number of nitrogens with zero attached hydrogens (tertiary/aromatic N) is 1. The van der Waals surface area contributed by atoms with Gasteiger partial charge in [0.15, 0.2) is 18.1 Å². The summed E-state index contributed by atoms with van der Waals surface area (Å²) in [5, 5.41) is 37.4. The average molecular weight is 579 g/mol. The lowest BCUT2D eigenvalue weighted by molar-refractivity contribution is -0.145. The van der Waals surface area contributed by atoms with Gasteiger partial charge < -0.3 is 30.2 Å². The number of phenols is 2. The molecule has 226 valence electrons. The fraction of sp³-hybridized carbons (Fsp3) is 0.606. The Morgan fingerprint density at radius 2 is 1.88 bits per heavy atom. The van der Waals surface area contributed by atoms with Crippen LogP contribution in [-0.2, 0) is 25.6 Å². The number of allylic oxidation sites excluding steroid dienone is 2. The Morgan fingerprint density at radius 3 is 2.60 bits per heavy atom. The van der Waals surface area contributed by atoms with E-state index < -0.39 is 23.5 Å².